The van der Waals surface area contributed by atoms with Crippen LogP contribution < -0.4 is 10.1 Å². The molecule has 29 heavy (non-hydrogen) atoms. The lowest BCUT2D eigenvalue weighted by Gasteiger charge is -2.10. The zero-order valence-corrected chi connectivity index (χ0v) is 16.9. The van der Waals surface area contributed by atoms with E-state index in [-0.39, 0.29) is 5.92 Å². The highest BCUT2D eigenvalue weighted by Gasteiger charge is 2.28. The Kier molecular flexibility index (Phi) is 5.92. The van der Waals surface area contributed by atoms with Crippen molar-refractivity contribution >= 4 is 23.0 Å². The second-order valence-corrected chi connectivity index (χ2v) is 7.17. The van der Waals surface area contributed by atoms with Crippen molar-refractivity contribution in [2.75, 3.05) is 13.2 Å². The van der Waals surface area contributed by atoms with Gasteiger partial charge < -0.3 is 10.1 Å². The second kappa shape index (κ2) is 8.93. The maximum absolute atomic E-state index is 6.07. The smallest absolute Gasteiger partial charge is 0.119 e. The Morgan fingerprint density at radius 1 is 0.931 bits per heavy atom. The third-order valence-electron chi connectivity index (χ3n) is 4.82. The summed E-state index contributed by atoms with van der Waals surface area (Å²) in [6.45, 7) is 3.39. The van der Waals surface area contributed by atoms with Crippen LogP contribution in [0.5, 0.6) is 5.75 Å². The summed E-state index contributed by atoms with van der Waals surface area (Å²) in [6, 6.07) is 25.8. The second-order valence-electron chi connectivity index (χ2n) is 6.74. The summed E-state index contributed by atoms with van der Waals surface area (Å²) >= 11 is 6.07. The molecule has 0 saturated heterocycles. The van der Waals surface area contributed by atoms with Crippen LogP contribution in [0.1, 0.15) is 24.0 Å². The van der Waals surface area contributed by atoms with Gasteiger partial charge in [0.25, 0.3) is 0 Å². The van der Waals surface area contributed by atoms with Crippen LogP contribution in [-0.4, -0.2) is 13.2 Å². The molecule has 0 fully saturated rings. The molecule has 4 nitrogen and oxygen atoms in total. The van der Waals surface area contributed by atoms with Gasteiger partial charge in [0.1, 0.15) is 5.75 Å². The Balaban J connectivity index is 1.69. The van der Waals surface area contributed by atoms with Gasteiger partial charge in [0.15, 0.2) is 0 Å². The quantitative estimate of drug-likeness (QED) is 0.472. The molecule has 0 amide bonds. The van der Waals surface area contributed by atoms with E-state index in [1.54, 1.807) is 0 Å². The molecule has 3 aromatic carbocycles. The molecular weight excluding hydrogens is 382 g/mol. The lowest BCUT2D eigenvalue weighted by atomic mass is 9.96. The van der Waals surface area contributed by atoms with Crippen molar-refractivity contribution in [2.24, 2.45) is 10.2 Å². The topological polar surface area (TPSA) is 46.0 Å². The van der Waals surface area contributed by atoms with E-state index in [4.69, 9.17) is 16.3 Å². The van der Waals surface area contributed by atoms with Crippen LogP contribution in [0.25, 0.3) is 5.70 Å². The van der Waals surface area contributed by atoms with E-state index in [0.29, 0.717) is 11.6 Å². The lowest BCUT2D eigenvalue weighted by molar-refractivity contribution is 0.340. The molecule has 1 aliphatic rings. The zero-order valence-electron chi connectivity index (χ0n) is 16.2. The van der Waals surface area contributed by atoms with Gasteiger partial charge in [-0.15, -0.1) is 0 Å². The highest BCUT2D eigenvalue weighted by Crippen LogP contribution is 2.36. The molecule has 1 aliphatic heterocycles. The van der Waals surface area contributed by atoms with Crippen molar-refractivity contribution in [2.45, 2.75) is 12.8 Å². The standard InChI is InChI=1S/C24H22ClN3O/c1-2-29-21-14-12-20(13-15-21)27-28-24-22(17-6-4-3-5-7-17)16-26-23(24)18-8-10-19(25)11-9-18/h3-15,22,26H,2,16H2,1H3. The van der Waals surface area contributed by atoms with Crippen molar-refractivity contribution in [3.63, 3.8) is 0 Å². The Bertz CT molecular complexity index is 1010. The van der Waals surface area contributed by atoms with Crippen molar-refractivity contribution < 1.29 is 4.74 Å². The number of nitrogens with one attached hydrogen (secondary N) is 1. The van der Waals surface area contributed by atoms with Crippen LogP contribution in [0.2, 0.25) is 5.02 Å². The number of benzene rings is 3. The fraction of sp³-hybridized carbons (Fsp3) is 0.167. The minimum absolute atomic E-state index is 0.133. The van der Waals surface area contributed by atoms with Crippen LogP contribution in [0.4, 0.5) is 5.69 Å². The molecule has 5 heteroatoms. The van der Waals surface area contributed by atoms with Gasteiger partial charge in [0, 0.05) is 17.5 Å². The highest BCUT2D eigenvalue weighted by molar-refractivity contribution is 6.30. The number of nitrogens with zero attached hydrogens (tertiary/aromatic N) is 2. The van der Waals surface area contributed by atoms with Crippen molar-refractivity contribution in [3.05, 3.63) is 101 Å². The third kappa shape index (κ3) is 4.49. The van der Waals surface area contributed by atoms with Gasteiger partial charge in [-0.3, -0.25) is 0 Å². The van der Waals surface area contributed by atoms with Gasteiger partial charge in [0.2, 0.25) is 0 Å². The first kappa shape index (κ1) is 19.2. The molecule has 0 saturated carbocycles. The summed E-state index contributed by atoms with van der Waals surface area (Å²) in [5.74, 6) is 0.963. The van der Waals surface area contributed by atoms with Crippen molar-refractivity contribution in [1.29, 1.82) is 0 Å². The first-order valence-corrected chi connectivity index (χ1v) is 10.1. The highest BCUT2D eigenvalue weighted by atomic mass is 35.5. The summed E-state index contributed by atoms with van der Waals surface area (Å²) in [4.78, 5) is 0. The fourth-order valence-electron chi connectivity index (χ4n) is 3.40. The van der Waals surface area contributed by atoms with Gasteiger partial charge in [-0.25, -0.2) is 0 Å². The van der Waals surface area contributed by atoms with Crippen molar-refractivity contribution in [3.8, 4) is 5.75 Å². The summed E-state index contributed by atoms with van der Waals surface area (Å²) in [7, 11) is 0. The largest absolute Gasteiger partial charge is 0.494 e. The SMILES string of the molecule is CCOc1ccc(N=NC2=C(c3ccc(Cl)cc3)NCC2c2ccccc2)cc1. The molecule has 0 aliphatic carbocycles. The van der Waals surface area contributed by atoms with Crippen LogP contribution in [0.3, 0.4) is 0 Å². The zero-order chi connectivity index (χ0) is 20.1. The number of halogens is 1. The molecule has 0 aromatic heterocycles. The molecule has 0 bridgehead atoms. The Labute approximate surface area is 175 Å². The number of hydrogen-bond donors (Lipinski definition) is 1. The predicted molar refractivity (Wildman–Crippen MR) is 118 cm³/mol. The molecular formula is C24H22ClN3O. The molecule has 146 valence electrons. The molecule has 1 unspecified atom stereocenters. The van der Waals surface area contributed by atoms with Gasteiger partial charge in [-0.05, 0) is 54.4 Å². The van der Waals surface area contributed by atoms with Gasteiger partial charge in [-0.1, -0.05) is 54.1 Å². The van der Waals surface area contributed by atoms with Crippen LogP contribution >= 0.6 is 11.6 Å². The van der Waals surface area contributed by atoms with E-state index in [2.05, 4.69) is 39.8 Å². The first-order valence-electron chi connectivity index (χ1n) is 9.68. The van der Waals surface area contributed by atoms with Crippen LogP contribution in [0, 0.1) is 0 Å². The minimum atomic E-state index is 0.133. The number of hydrogen-bond acceptors (Lipinski definition) is 4. The first-order chi connectivity index (χ1) is 14.2. The Morgan fingerprint density at radius 2 is 1.66 bits per heavy atom. The minimum Gasteiger partial charge on any atom is -0.494 e. The van der Waals surface area contributed by atoms with Gasteiger partial charge in [0.05, 0.1) is 23.7 Å². The lowest BCUT2D eigenvalue weighted by Crippen LogP contribution is -2.10. The third-order valence-corrected chi connectivity index (χ3v) is 5.08. The summed E-state index contributed by atoms with van der Waals surface area (Å²) in [5, 5.41) is 13.4. The maximum Gasteiger partial charge on any atom is 0.119 e. The predicted octanol–water partition coefficient (Wildman–Crippen LogP) is 6.58. The number of rotatable bonds is 6. The summed E-state index contributed by atoms with van der Waals surface area (Å²) in [6.07, 6.45) is 0. The molecule has 3 aromatic rings. The molecule has 1 heterocycles. The van der Waals surface area contributed by atoms with E-state index in [1.807, 2.05) is 61.5 Å². The van der Waals surface area contributed by atoms with Crippen molar-refractivity contribution in [1.82, 2.24) is 5.32 Å². The number of azo groups is 1. The average Bonchev–Trinajstić information content (AvgIpc) is 3.18. The average molecular weight is 404 g/mol. The van der Waals surface area contributed by atoms with E-state index in [1.165, 1.54) is 5.56 Å². The fourth-order valence-corrected chi connectivity index (χ4v) is 3.53. The maximum atomic E-state index is 6.07. The van der Waals surface area contributed by atoms with Crippen LogP contribution in [0.15, 0.2) is 94.8 Å². The number of ether oxygens (including phenoxy) is 1. The van der Waals surface area contributed by atoms with Crippen LogP contribution in [-0.2, 0) is 0 Å². The summed E-state index contributed by atoms with van der Waals surface area (Å²) in [5.41, 5.74) is 4.96. The molecule has 0 spiro atoms. The Hall–Kier alpha value is -3.11. The van der Waals surface area contributed by atoms with Gasteiger partial charge in [-0.2, -0.15) is 10.2 Å². The van der Waals surface area contributed by atoms with E-state index < -0.39 is 0 Å². The van der Waals surface area contributed by atoms with Gasteiger partial charge >= 0.3 is 0 Å². The Morgan fingerprint density at radius 3 is 2.34 bits per heavy atom. The summed E-state index contributed by atoms with van der Waals surface area (Å²) < 4.78 is 5.50. The molecule has 1 atom stereocenters. The monoisotopic (exact) mass is 403 g/mol. The van der Waals surface area contributed by atoms with E-state index >= 15 is 0 Å². The van der Waals surface area contributed by atoms with E-state index in [0.717, 1.165) is 34.9 Å². The molecule has 0 radical (unpaired) electrons. The normalized spacial score (nSPS) is 16.3. The van der Waals surface area contributed by atoms with E-state index in [9.17, 15) is 0 Å². The molecule has 1 N–H and O–H groups in total. The molecule has 4 rings (SSSR count).